The third-order valence-electron chi connectivity index (χ3n) is 2.91. The normalized spacial score (nSPS) is 11.8. The molecule has 0 fully saturated rings. The van der Waals surface area contributed by atoms with Gasteiger partial charge < -0.3 is 15.2 Å². The van der Waals surface area contributed by atoms with Crippen LogP contribution < -0.4 is 16.6 Å². The number of hydrogen-bond acceptors (Lipinski definition) is 5. The predicted molar refractivity (Wildman–Crippen MR) is 97.8 cm³/mol. The van der Waals surface area contributed by atoms with E-state index in [1.165, 1.54) is 0 Å². The Morgan fingerprint density at radius 3 is 2.04 bits per heavy atom. The minimum atomic E-state index is -0.484. The van der Waals surface area contributed by atoms with Crippen molar-refractivity contribution in [2.24, 2.45) is 11.8 Å². The molecular formula is C18H31N3O4. The van der Waals surface area contributed by atoms with Gasteiger partial charge in [-0.05, 0) is 51.8 Å². The fraction of sp³-hybridized carbons (Fsp3) is 0.556. The molecule has 1 aromatic rings. The minimum Gasteiger partial charge on any atom is -0.508 e. The van der Waals surface area contributed by atoms with Crippen molar-refractivity contribution < 1.29 is 19.4 Å². The summed E-state index contributed by atoms with van der Waals surface area (Å²) in [5, 5.41) is 11.9. The van der Waals surface area contributed by atoms with Crippen molar-refractivity contribution in [1.82, 2.24) is 10.7 Å². The number of phenolic OH excluding ortho intramolecular Hbond substituents is 1. The van der Waals surface area contributed by atoms with E-state index in [0.29, 0.717) is 6.42 Å². The second kappa shape index (κ2) is 10.6. The van der Waals surface area contributed by atoms with E-state index in [2.05, 4.69) is 5.32 Å². The highest BCUT2D eigenvalue weighted by Gasteiger charge is 2.17. The topological polar surface area (TPSA) is 114 Å². The number of nitrogens with two attached hydrogens (primary N) is 1. The van der Waals surface area contributed by atoms with E-state index < -0.39 is 11.7 Å². The molecule has 0 aliphatic rings. The monoisotopic (exact) mass is 353 g/mol. The smallest absolute Gasteiger partial charge is 0.407 e. The zero-order valence-corrected chi connectivity index (χ0v) is 15.9. The van der Waals surface area contributed by atoms with Crippen LogP contribution in [0.3, 0.4) is 0 Å². The Morgan fingerprint density at radius 1 is 1.16 bits per heavy atom. The Labute approximate surface area is 149 Å². The molecule has 142 valence electrons. The Bertz CT molecular complexity index is 536. The molecular weight excluding hydrogens is 322 g/mol. The van der Waals surface area contributed by atoms with Gasteiger partial charge in [0.15, 0.2) is 0 Å². The largest absolute Gasteiger partial charge is 0.508 e. The minimum absolute atomic E-state index is 0.00926. The van der Waals surface area contributed by atoms with Gasteiger partial charge in [-0.25, -0.2) is 10.6 Å². The summed E-state index contributed by atoms with van der Waals surface area (Å²) in [7, 11) is 0. The molecule has 0 aliphatic carbocycles. The van der Waals surface area contributed by atoms with Crippen LogP contribution in [0.2, 0.25) is 0 Å². The Morgan fingerprint density at radius 2 is 1.68 bits per heavy atom. The molecule has 7 nitrogen and oxygen atoms in total. The Hall–Kier alpha value is -2.28. The van der Waals surface area contributed by atoms with Gasteiger partial charge in [-0.1, -0.05) is 26.0 Å². The first-order valence-corrected chi connectivity index (χ1v) is 8.22. The second-order valence-corrected chi connectivity index (χ2v) is 7.08. The van der Waals surface area contributed by atoms with Gasteiger partial charge in [0, 0.05) is 12.0 Å². The van der Waals surface area contributed by atoms with Crippen LogP contribution in [-0.4, -0.2) is 28.7 Å². The number of benzene rings is 1. The summed E-state index contributed by atoms with van der Waals surface area (Å²) in [5.41, 5.74) is 2.59. The van der Waals surface area contributed by atoms with Gasteiger partial charge in [0.1, 0.15) is 11.4 Å². The lowest BCUT2D eigenvalue weighted by Crippen LogP contribution is -2.38. The zero-order valence-electron chi connectivity index (χ0n) is 15.9. The first kappa shape index (κ1) is 22.7. The van der Waals surface area contributed by atoms with Crippen LogP contribution in [0.4, 0.5) is 4.79 Å². The highest BCUT2D eigenvalue weighted by molar-refractivity contribution is 5.77. The van der Waals surface area contributed by atoms with E-state index in [1.807, 2.05) is 45.3 Å². The number of hydrazine groups is 1. The molecule has 0 radical (unpaired) electrons. The van der Waals surface area contributed by atoms with E-state index >= 15 is 0 Å². The molecule has 0 aliphatic heterocycles. The fourth-order valence-electron chi connectivity index (χ4n) is 1.71. The van der Waals surface area contributed by atoms with Gasteiger partial charge in [0.25, 0.3) is 0 Å². The first-order valence-electron chi connectivity index (χ1n) is 8.22. The molecule has 0 bridgehead atoms. The van der Waals surface area contributed by atoms with Crippen molar-refractivity contribution in [1.29, 1.82) is 0 Å². The van der Waals surface area contributed by atoms with Crippen LogP contribution in [0.15, 0.2) is 24.3 Å². The van der Waals surface area contributed by atoms with Crippen molar-refractivity contribution in [3.8, 4) is 5.75 Å². The fourth-order valence-corrected chi connectivity index (χ4v) is 1.71. The van der Waals surface area contributed by atoms with Crippen LogP contribution in [0.1, 0.15) is 47.1 Å². The maximum atomic E-state index is 11.5. The van der Waals surface area contributed by atoms with Gasteiger partial charge in [0.05, 0.1) is 0 Å². The summed E-state index contributed by atoms with van der Waals surface area (Å²) >= 11 is 0. The van der Waals surface area contributed by atoms with Crippen LogP contribution in [0.25, 0.3) is 0 Å². The SMILES string of the molecule is CC(C)C(=O)NN.CC(Cc1ccc(O)cc1)NC(=O)OC(C)(C)C. The Balaban J connectivity index is 0.000000697. The number of carbonyl (C=O) groups excluding carboxylic acids is 2. The van der Waals surface area contributed by atoms with Gasteiger partial charge in [0.2, 0.25) is 5.91 Å². The summed E-state index contributed by atoms with van der Waals surface area (Å²) in [6.07, 6.45) is 0.285. The lowest BCUT2D eigenvalue weighted by molar-refractivity contribution is -0.124. The zero-order chi connectivity index (χ0) is 19.6. The molecule has 1 aromatic carbocycles. The predicted octanol–water partition coefficient (Wildman–Crippen LogP) is 2.48. The van der Waals surface area contributed by atoms with Crippen molar-refractivity contribution in [2.45, 2.75) is 59.6 Å². The number of rotatable bonds is 4. The first-order chi connectivity index (χ1) is 11.4. The number of amides is 2. The number of ether oxygens (including phenoxy) is 1. The second-order valence-electron chi connectivity index (χ2n) is 7.08. The molecule has 5 N–H and O–H groups in total. The van der Waals surface area contributed by atoms with E-state index in [4.69, 9.17) is 10.6 Å². The summed E-state index contributed by atoms with van der Waals surface area (Å²) < 4.78 is 5.18. The highest BCUT2D eigenvalue weighted by Crippen LogP contribution is 2.12. The number of alkyl carbamates (subject to hydrolysis) is 1. The molecule has 2 amide bonds. The average Bonchev–Trinajstić information content (AvgIpc) is 2.47. The number of hydrogen-bond donors (Lipinski definition) is 4. The van der Waals surface area contributed by atoms with Crippen molar-refractivity contribution >= 4 is 12.0 Å². The summed E-state index contributed by atoms with van der Waals surface area (Å²) in [6.45, 7) is 11.0. The summed E-state index contributed by atoms with van der Waals surface area (Å²) in [4.78, 5) is 21.8. The molecule has 7 heteroatoms. The van der Waals surface area contributed by atoms with Crippen molar-refractivity contribution in [3.63, 3.8) is 0 Å². The van der Waals surface area contributed by atoms with Crippen LogP contribution in [0, 0.1) is 5.92 Å². The van der Waals surface area contributed by atoms with Crippen molar-refractivity contribution in [2.75, 3.05) is 0 Å². The summed E-state index contributed by atoms with van der Waals surface area (Å²) in [5.74, 6) is 4.88. The third kappa shape index (κ3) is 11.8. The standard InChI is InChI=1S/C14H21NO3.C4H10N2O/c1-10(15-13(17)18-14(2,3)4)9-11-5-7-12(16)8-6-11;1-3(2)4(7)6-5/h5-8,10,16H,9H2,1-4H3,(H,15,17);3H,5H2,1-2H3,(H,6,7). The van der Waals surface area contributed by atoms with E-state index in [-0.39, 0.29) is 23.6 Å². The number of aromatic hydroxyl groups is 1. The van der Waals surface area contributed by atoms with E-state index in [0.717, 1.165) is 5.56 Å². The van der Waals surface area contributed by atoms with E-state index in [9.17, 15) is 14.7 Å². The van der Waals surface area contributed by atoms with Crippen LogP contribution in [-0.2, 0) is 16.0 Å². The number of nitrogens with one attached hydrogen (secondary N) is 2. The molecule has 0 saturated carbocycles. The van der Waals surface area contributed by atoms with Gasteiger partial charge >= 0.3 is 6.09 Å². The molecule has 0 saturated heterocycles. The lowest BCUT2D eigenvalue weighted by atomic mass is 10.1. The highest BCUT2D eigenvalue weighted by atomic mass is 16.6. The third-order valence-corrected chi connectivity index (χ3v) is 2.91. The molecule has 1 rings (SSSR count). The molecule has 0 heterocycles. The average molecular weight is 353 g/mol. The van der Waals surface area contributed by atoms with Crippen molar-refractivity contribution in [3.05, 3.63) is 29.8 Å². The van der Waals surface area contributed by atoms with Crippen LogP contribution >= 0.6 is 0 Å². The quantitative estimate of drug-likeness (QED) is 0.377. The molecule has 1 unspecified atom stereocenters. The maximum absolute atomic E-state index is 11.5. The number of phenols is 1. The molecule has 25 heavy (non-hydrogen) atoms. The van der Waals surface area contributed by atoms with Crippen LogP contribution in [0.5, 0.6) is 5.75 Å². The summed E-state index contributed by atoms with van der Waals surface area (Å²) in [6, 6.07) is 6.92. The van der Waals surface area contributed by atoms with Gasteiger partial charge in [-0.15, -0.1) is 0 Å². The molecule has 0 spiro atoms. The number of carbonyl (C=O) groups is 2. The maximum Gasteiger partial charge on any atom is 0.407 e. The Kier molecular flexibility index (Phi) is 9.59. The van der Waals surface area contributed by atoms with Gasteiger partial charge in [-0.3, -0.25) is 10.2 Å². The molecule has 1 atom stereocenters. The lowest BCUT2D eigenvalue weighted by Gasteiger charge is -2.22. The van der Waals surface area contributed by atoms with Gasteiger partial charge in [-0.2, -0.15) is 0 Å². The van der Waals surface area contributed by atoms with E-state index in [1.54, 1.807) is 26.0 Å². The molecule has 0 aromatic heterocycles.